The van der Waals surface area contributed by atoms with Crippen molar-refractivity contribution in [2.75, 3.05) is 14.2 Å². The molecule has 23 heavy (non-hydrogen) atoms. The normalized spacial score (nSPS) is 12.1. The molecule has 0 aliphatic carbocycles. The molecule has 0 N–H and O–H groups in total. The highest BCUT2D eigenvalue weighted by Crippen LogP contribution is 2.33. The third-order valence-corrected chi connectivity index (χ3v) is 4.12. The Hall–Kier alpha value is -2.75. The summed E-state index contributed by atoms with van der Waals surface area (Å²) in [5.74, 6) is 0.0267. The molecule has 0 spiro atoms. The summed E-state index contributed by atoms with van der Waals surface area (Å²) in [5, 5.41) is 1.06. The van der Waals surface area contributed by atoms with Crippen LogP contribution < -0.4 is 4.74 Å². The minimum Gasteiger partial charge on any atom is -0.497 e. The summed E-state index contributed by atoms with van der Waals surface area (Å²) in [6, 6.07) is 15.6. The highest BCUT2D eigenvalue weighted by molar-refractivity contribution is 5.92. The Balaban J connectivity index is 2.16. The zero-order valence-electron chi connectivity index (χ0n) is 13.4. The first-order chi connectivity index (χ1) is 11.2. The Morgan fingerprint density at radius 1 is 1.04 bits per heavy atom. The molecule has 0 bridgehead atoms. The maximum Gasteiger partial charge on any atom is 0.317 e. The molecule has 0 amide bonds. The predicted octanol–water partition coefficient (Wildman–Crippen LogP) is 3.49. The monoisotopic (exact) mass is 309 g/mol. The fourth-order valence-electron chi connectivity index (χ4n) is 2.96. The van der Waals surface area contributed by atoms with Gasteiger partial charge in [0, 0.05) is 24.1 Å². The van der Waals surface area contributed by atoms with Crippen LogP contribution in [0.2, 0.25) is 0 Å². The van der Waals surface area contributed by atoms with E-state index in [9.17, 15) is 4.79 Å². The Morgan fingerprint density at radius 2 is 1.74 bits per heavy atom. The second-order valence-corrected chi connectivity index (χ2v) is 5.44. The average molecular weight is 309 g/mol. The number of nitrogens with zero attached hydrogens (tertiary/aromatic N) is 1. The van der Waals surface area contributed by atoms with Crippen molar-refractivity contribution in [3.63, 3.8) is 0 Å². The number of benzene rings is 2. The van der Waals surface area contributed by atoms with Crippen molar-refractivity contribution in [2.45, 2.75) is 5.92 Å². The van der Waals surface area contributed by atoms with Gasteiger partial charge in [-0.15, -0.1) is 0 Å². The van der Waals surface area contributed by atoms with E-state index in [1.54, 1.807) is 7.11 Å². The highest BCUT2D eigenvalue weighted by atomic mass is 16.5. The summed E-state index contributed by atoms with van der Waals surface area (Å²) in [4.78, 5) is 12.5. The van der Waals surface area contributed by atoms with Gasteiger partial charge in [-0.1, -0.05) is 30.3 Å². The van der Waals surface area contributed by atoms with Crippen molar-refractivity contribution < 1.29 is 14.3 Å². The molecule has 1 aromatic heterocycles. The largest absolute Gasteiger partial charge is 0.497 e. The molecule has 0 saturated carbocycles. The van der Waals surface area contributed by atoms with Gasteiger partial charge in [0.2, 0.25) is 0 Å². The molecule has 3 rings (SSSR count). The van der Waals surface area contributed by atoms with Gasteiger partial charge >= 0.3 is 5.97 Å². The van der Waals surface area contributed by atoms with Gasteiger partial charge in [-0.05, 0) is 29.3 Å². The van der Waals surface area contributed by atoms with Crippen LogP contribution in [-0.2, 0) is 16.6 Å². The second kappa shape index (κ2) is 6.16. The van der Waals surface area contributed by atoms with Gasteiger partial charge < -0.3 is 14.0 Å². The van der Waals surface area contributed by atoms with Gasteiger partial charge in [0.05, 0.1) is 14.2 Å². The van der Waals surface area contributed by atoms with Gasteiger partial charge in [-0.25, -0.2) is 0 Å². The fourth-order valence-corrected chi connectivity index (χ4v) is 2.96. The number of aryl methyl sites for hydroxylation is 1. The molecule has 0 saturated heterocycles. The summed E-state index contributed by atoms with van der Waals surface area (Å²) >= 11 is 0. The first-order valence-electron chi connectivity index (χ1n) is 7.41. The Bertz CT molecular complexity index is 833. The van der Waals surface area contributed by atoms with Crippen molar-refractivity contribution in [3.05, 3.63) is 65.9 Å². The lowest BCUT2D eigenvalue weighted by Crippen LogP contribution is -2.15. The number of fused-ring (bicyclic) bond motifs is 1. The zero-order valence-corrected chi connectivity index (χ0v) is 13.4. The summed E-state index contributed by atoms with van der Waals surface area (Å²) in [6.07, 6.45) is 2.00. The number of hydrogen-bond donors (Lipinski definition) is 0. The maximum absolute atomic E-state index is 12.5. The minimum atomic E-state index is -0.461. The lowest BCUT2D eigenvalue weighted by atomic mass is 9.91. The number of para-hydroxylation sites is 1. The summed E-state index contributed by atoms with van der Waals surface area (Å²) < 4.78 is 12.3. The summed E-state index contributed by atoms with van der Waals surface area (Å²) in [5.41, 5.74) is 2.92. The quantitative estimate of drug-likeness (QED) is 0.693. The van der Waals surface area contributed by atoms with E-state index in [-0.39, 0.29) is 5.97 Å². The van der Waals surface area contributed by atoms with Gasteiger partial charge in [0.15, 0.2) is 0 Å². The molecule has 0 radical (unpaired) electrons. The van der Waals surface area contributed by atoms with Crippen molar-refractivity contribution in [3.8, 4) is 5.75 Å². The third kappa shape index (κ3) is 2.68. The molecule has 0 fully saturated rings. The van der Waals surface area contributed by atoms with Crippen LogP contribution in [0, 0.1) is 0 Å². The molecule has 0 aliphatic rings. The van der Waals surface area contributed by atoms with Crippen molar-refractivity contribution in [2.24, 2.45) is 7.05 Å². The number of methoxy groups -OCH3 is 2. The van der Waals surface area contributed by atoms with Gasteiger partial charge in [-0.2, -0.15) is 0 Å². The fraction of sp³-hybridized carbons (Fsp3) is 0.211. The van der Waals surface area contributed by atoms with Crippen molar-refractivity contribution in [1.82, 2.24) is 4.57 Å². The van der Waals surface area contributed by atoms with Crippen molar-refractivity contribution in [1.29, 1.82) is 0 Å². The van der Waals surface area contributed by atoms with E-state index in [4.69, 9.17) is 9.47 Å². The van der Waals surface area contributed by atoms with Crippen LogP contribution in [0.5, 0.6) is 5.75 Å². The van der Waals surface area contributed by atoms with Crippen LogP contribution in [0.15, 0.2) is 54.7 Å². The topological polar surface area (TPSA) is 40.5 Å². The van der Waals surface area contributed by atoms with E-state index in [0.29, 0.717) is 0 Å². The number of aromatic nitrogens is 1. The van der Waals surface area contributed by atoms with E-state index in [0.717, 1.165) is 27.8 Å². The maximum atomic E-state index is 12.5. The number of carbonyl (C=O) groups excluding carboxylic acids is 1. The smallest absolute Gasteiger partial charge is 0.317 e. The third-order valence-electron chi connectivity index (χ3n) is 4.12. The van der Waals surface area contributed by atoms with Gasteiger partial charge in [0.1, 0.15) is 11.7 Å². The molecule has 1 heterocycles. The standard InChI is InChI=1S/C19H19NO3/c1-20-12-16(15-6-4-5-7-17(15)20)18(19(21)23-3)13-8-10-14(22-2)11-9-13/h4-12,18H,1-3H3. The van der Waals surface area contributed by atoms with Gasteiger partial charge in [-0.3, -0.25) is 4.79 Å². The Morgan fingerprint density at radius 3 is 2.39 bits per heavy atom. The zero-order chi connectivity index (χ0) is 16.4. The first kappa shape index (κ1) is 15.2. The van der Waals surface area contributed by atoms with E-state index < -0.39 is 5.92 Å². The van der Waals surface area contributed by atoms with Crippen molar-refractivity contribution >= 4 is 16.9 Å². The number of carbonyl (C=O) groups is 1. The van der Waals surface area contributed by atoms with E-state index in [2.05, 4.69) is 0 Å². The number of esters is 1. The molecule has 1 atom stereocenters. The van der Waals surface area contributed by atoms with Crippen LogP contribution in [0.1, 0.15) is 17.0 Å². The molecule has 1 unspecified atom stereocenters. The molecular formula is C19H19NO3. The van der Waals surface area contributed by atoms with E-state index >= 15 is 0 Å². The highest BCUT2D eigenvalue weighted by Gasteiger charge is 2.27. The molecule has 0 aliphatic heterocycles. The average Bonchev–Trinajstić information content (AvgIpc) is 2.93. The second-order valence-electron chi connectivity index (χ2n) is 5.44. The van der Waals surface area contributed by atoms with Crippen LogP contribution in [0.25, 0.3) is 10.9 Å². The van der Waals surface area contributed by atoms with E-state index in [1.807, 2.05) is 66.3 Å². The summed E-state index contributed by atoms with van der Waals surface area (Å²) in [7, 11) is 5.02. The number of ether oxygens (including phenoxy) is 2. The van der Waals surface area contributed by atoms with Crippen LogP contribution >= 0.6 is 0 Å². The SMILES string of the molecule is COC(=O)C(c1ccc(OC)cc1)c1cn(C)c2ccccc12. The Labute approximate surface area is 135 Å². The minimum absolute atomic E-state index is 0.272. The molecular weight excluding hydrogens is 290 g/mol. The molecule has 4 nitrogen and oxygen atoms in total. The molecule has 2 aromatic carbocycles. The molecule has 3 aromatic rings. The lowest BCUT2D eigenvalue weighted by molar-refractivity contribution is -0.141. The number of hydrogen-bond acceptors (Lipinski definition) is 3. The van der Waals surface area contributed by atoms with E-state index in [1.165, 1.54) is 7.11 Å². The predicted molar refractivity (Wildman–Crippen MR) is 89.8 cm³/mol. The molecule has 118 valence electrons. The Kier molecular flexibility index (Phi) is 4.06. The van der Waals surface area contributed by atoms with Crippen LogP contribution in [0.4, 0.5) is 0 Å². The van der Waals surface area contributed by atoms with Crippen LogP contribution in [0.3, 0.4) is 0 Å². The lowest BCUT2D eigenvalue weighted by Gasteiger charge is -2.15. The van der Waals surface area contributed by atoms with Gasteiger partial charge in [0.25, 0.3) is 0 Å². The number of rotatable bonds is 4. The summed E-state index contributed by atoms with van der Waals surface area (Å²) in [6.45, 7) is 0. The van der Waals surface area contributed by atoms with Crippen LogP contribution in [-0.4, -0.2) is 24.8 Å². The first-order valence-corrected chi connectivity index (χ1v) is 7.41. The molecule has 4 heteroatoms.